The summed E-state index contributed by atoms with van der Waals surface area (Å²) in [6.45, 7) is 0.700. The predicted octanol–water partition coefficient (Wildman–Crippen LogP) is 5.19. The Morgan fingerprint density at radius 1 is 0.923 bits per heavy atom. The van der Waals surface area contributed by atoms with Crippen LogP contribution in [0.15, 0.2) is 72.8 Å². The van der Waals surface area contributed by atoms with Gasteiger partial charge in [-0.2, -0.15) is 0 Å². The number of nitrogens with one attached hydrogen (secondary N) is 2. The maximum Gasteiger partial charge on any atom is 0.336 e. The van der Waals surface area contributed by atoms with E-state index in [9.17, 15) is 19.5 Å². The largest absolute Gasteiger partial charge is 0.478 e. The van der Waals surface area contributed by atoms with Crippen molar-refractivity contribution in [2.45, 2.75) is 56.7 Å². The lowest BCUT2D eigenvalue weighted by atomic mass is 9.75. The van der Waals surface area contributed by atoms with E-state index in [0.29, 0.717) is 24.8 Å². The highest BCUT2D eigenvalue weighted by molar-refractivity contribution is 6.05. The Bertz CT molecular complexity index is 1330. The second-order valence-corrected chi connectivity index (χ2v) is 11.2. The Balaban J connectivity index is 1.26. The summed E-state index contributed by atoms with van der Waals surface area (Å²) in [4.78, 5) is 41.3. The number of benzene rings is 2. The number of hydrogen-bond donors (Lipinski definition) is 3. The van der Waals surface area contributed by atoms with Gasteiger partial charge < -0.3 is 20.6 Å². The fourth-order valence-corrected chi connectivity index (χ4v) is 7.23. The number of amides is 2. The number of carboxylic acids is 1. The van der Waals surface area contributed by atoms with Gasteiger partial charge in [-0.05, 0) is 49.4 Å². The number of allylic oxidation sites excluding steroid dienone is 3. The van der Waals surface area contributed by atoms with Gasteiger partial charge in [0.05, 0.1) is 23.1 Å². The van der Waals surface area contributed by atoms with Crippen molar-refractivity contribution in [1.29, 1.82) is 0 Å². The zero-order valence-corrected chi connectivity index (χ0v) is 22.0. The lowest BCUT2D eigenvalue weighted by Gasteiger charge is -2.44. The molecule has 7 heteroatoms. The molecule has 2 aliphatic carbocycles. The number of nitrogens with zero attached hydrogens (tertiary/aromatic N) is 1. The van der Waals surface area contributed by atoms with Crippen LogP contribution in [0.4, 0.5) is 5.69 Å². The topological polar surface area (TPSA) is 98.7 Å². The Kier molecular flexibility index (Phi) is 6.98. The molecule has 4 aliphatic rings. The number of hydrogen-bond acceptors (Lipinski definition) is 4. The van der Waals surface area contributed by atoms with Gasteiger partial charge in [0.1, 0.15) is 0 Å². The van der Waals surface area contributed by atoms with Crippen molar-refractivity contribution >= 4 is 23.5 Å². The highest BCUT2D eigenvalue weighted by Gasteiger charge is 2.49. The van der Waals surface area contributed by atoms with Crippen LogP contribution in [0, 0.1) is 17.8 Å². The van der Waals surface area contributed by atoms with E-state index in [2.05, 4.69) is 52.0 Å². The lowest BCUT2D eigenvalue weighted by Crippen LogP contribution is -2.51. The molecule has 2 heterocycles. The SMILES string of the molecule is O=C(O)c1ccccc1C(=O)N[C@@H]1CCCC[C@@H]1C(=O)N1CC[C@@H]2[C@H](C3C=CC=CC3)Nc3ccccc3[C@@H]21. The molecule has 2 aliphatic heterocycles. The third kappa shape index (κ3) is 4.75. The highest BCUT2D eigenvalue weighted by Crippen LogP contribution is 2.49. The zero-order valence-electron chi connectivity index (χ0n) is 22.0. The molecule has 0 spiro atoms. The standard InChI is InChI=1S/C32H35N3O4/c36-30(21-12-4-5-13-22(21)32(38)39)34-27-17-9-7-15-24(27)31(37)35-19-18-25-28(20-10-2-1-3-11-20)33-26-16-8-6-14-23(26)29(25)35/h1-6,8,10,12-14,16,20,24-25,27-29,33H,7,9,11,15,17-19H2,(H,34,36)(H,38,39)/t20?,24-,25+,27+,28-,29-/m0/s1. The number of aromatic carboxylic acids is 1. The summed E-state index contributed by atoms with van der Waals surface area (Å²) in [6.07, 6.45) is 14.0. The molecule has 6 atom stereocenters. The molecular weight excluding hydrogens is 490 g/mol. The fraction of sp³-hybridized carbons (Fsp3) is 0.406. The minimum Gasteiger partial charge on any atom is -0.478 e. The van der Waals surface area contributed by atoms with E-state index in [4.69, 9.17) is 0 Å². The molecule has 2 aromatic carbocycles. The number of likely N-dealkylation sites (tertiary alicyclic amines) is 1. The van der Waals surface area contributed by atoms with Crippen molar-refractivity contribution in [2.24, 2.45) is 17.8 Å². The number of fused-ring (bicyclic) bond motifs is 3. The lowest BCUT2D eigenvalue weighted by molar-refractivity contribution is -0.139. The first-order valence-electron chi connectivity index (χ1n) is 14.2. The highest BCUT2D eigenvalue weighted by atomic mass is 16.4. The molecule has 6 rings (SSSR count). The predicted molar refractivity (Wildman–Crippen MR) is 149 cm³/mol. The van der Waals surface area contributed by atoms with Gasteiger partial charge in [-0.3, -0.25) is 9.59 Å². The van der Waals surface area contributed by atoms with Crippen LogP contribution in [0.25, 0.3) is 0 Å². The number of anilines is 1. The minimum atomic E-state index is -1.14. The second-order valence-electron chi connectivity index (χ2n) is 11.2. The van der Waals surface area contributed by atoms with Crippen LogP contribution >= 0.6 is 0 Å². The first kappa shape index (κ1) is 25.4. The molecule has 3 N–H and O–H groups in total. The minimum absolute atomic E-state index is 0.00488. The van der Waals surface area contributed by atoms with Crippen LogP contribution in [0.5, 0.6) is 0 Å². The van der Waals surface area contributed by atoms with E-state index < -0.39 is 11.9 Å². The second kappa shape index (κ2) is 10.7. The monoisotopic (exact) mass is 525 g/mol. The Morgan fingerprint density at radius 2 is 1.69 bits per heavy atom. The quantitative estimate of drug-likeness (QED) is 0.499. The van der Waals surface area contributed by atoms with E-state index in [-0.39, 0.29) is 41.1 Å². The summed E-state index contributed by atoms with van der Waals surface area (Å²) in [5.41, 5.74) is 2.38. The third-order valence-electron chi connectivity index (χ3n) is 9.07. The van der Waals surface area contributed by atoms with Crippen LogP contribution in [0.1, 0.15) is 70.8 Å². The zero-order chi connectivity index (χ0) is 26.9. The number of carbonyl (C=O) groups is 3. The van der Waals surface area contributed by atoms with Crippen molar-refractivity contribution in [3.63, 3.8) is 0 Å². The van der Waals surface area contributed by atoms with E-state index in [1.54, 1.807) is 12.1 Å². The van der Waals surface area contributed by atoms with Gasteiger partial charge in [0.25, 0.3) is 5.91 Å². The van der Waals surface area contributed by atoms with Gasteiger partial charge in [0.15, 0.2) is 0 Å². The van der Waals surface area contributed by atoms with Gasteiger partial charge in [0.2, 0.25) is 5.91 Å². The molecule has 0 aromatic heterocycles. The maximum absolute atomic E-state index is 14.3. The Hall–Kier alpha value is -3.87. The van der Waals surface area contributed by atoms with Gasteiger partial charge in [-0.15, -0.1) is 0 Å². The normalized spacial score (nSPS) is 29.2. The number of carbonyl (C=O) groups excluding carboxylic acids is 2. The molecule has 1 saturated carbocycles. The summed E-state index contributed by atoms with van der Waals surface area (Å²) in [7, 11) is 0. The van der Waals surface area contributed by atoms with Crippen LogP contribution in [0.2, 0.25) is 0 Å². The summed E-state index contributed by atoms with van der Waals surface area (Å²) < 4.78 is 0. The maximum atomic E-state index is 14.3. The first-order chi connectivity index (χ1) is 19.0. The molecule has 2 fully saturated rings. The van der Waals surface area contributed by atoms with Crippen molar-refractivity contribution in [1.82, 2.24) is 10.2 Å². The molecule has 2 aromatic rings. The average molecular weight is 526 g/mol. The van der Waals surface area contributed by atoms with Crippen LogP contribution in [0.3, 0.4) is 0 Å². The first-order valence-corrected chi connectivity index (χ1v) is 14.2. The molecule has 7 nitrogen and oxygen atoms in total. The third-order valence-corrected chi connectivity index (χ3v) is 9.07. The van der Waals surface area contributed by atoms with Crippen molar-refractivity contribution in [3.8, 4) is 0 Å². The molecule has 39 heavy (non-hydrogen) atoms. The van der Waals surface area contributed by atoms with E-state index in [0.717, 1.165) is 37.8 Å². The molecule has 202 valence electrons. The number of rotatable bonds is 5. The van der Waals surface area contributed by atoms with Crippen molar-refractivity contribution < 1.29 is 19.5 Å². The van der Waals surface area contributed by atoms with Gasteiger partial charge in [-0.25, -0.2) is 4.79 Å². The molecular formula is C32H35N3O4. The fourth-order valence-electron chi connectivity index (χ4n) is 7.23. The molecule has 0 radical (unpaired) electrons. The number of para-hydroxylation sites is 1. The van der Waals surface area contributed by atoms with Gasteiger partial charge in [0, 0.05) is 36.2 Å². The van der Waals surface area contributed by atoms with E-state index in [1.807, 2.05) is 12.1 Å². The average Bonchev–Trinajstić information content (AvgIpc) is 3.43. The van der Waals surface area contributed by atoms with E-state index in [1.165, 1.54) is 17.7 Å². The molecule has 1 unspecified atom stereocenters. The number of carboxylic acid groups (broad SMARTS) is 1. The molecule has 0 bridgehead atoms. The van der Waals surface area contributed by atoms with Crippen molar-refractivity contribution in [2.75, 3.05) is 11.9 Å². The summed E-state index contributed by atoms with van der Waals surface area (Å²) >= 11 is 0. The molecule has 1 saturated heterocycles. The van der Waals surface area contributed by atoms with Crippen LogP contribution in [-0.2, 0) is 4.79 Å². The van der Waals surface area contributed by atoms with Crippen molar-refractivity contribution in [3.05, 3.63) is 89.5 Å². The van der Waals surface area contributed by atoms with Crippen LogP contribution < -0.4 is 10.6 Å². The van der Waals surface area contributed by atoms with Gasteiger partial charge >= 0.3 is 5.97 Å². The Labute approximate surface area is 229 Å². The summed E-state index contributed by atoms with van der Waals surface area (Å²) in [5.74, 6) is -1.10. The van der Waals surface area contributed by atoms with Crippen LogP contribution in [-0.4, -0.2) is 46.4 Å². The smallest absolute Gasteiger partial charge is 0.336 e. The van der Waals surface area contributed by atoms with E-state index >= 15 is 0 Å². The summed E-state index contributed by atoms with van der Waals surface area (Å²) in [6, 6.07) is 14.5. The molecule has 2 amide bonds. The van der Waals surface area contributed by atoms with Gasteiger partial charge in [-0.1, -0.05) is 67.5 Å². The summed E-state index contributed by atoms with van der Waals surface area (Å²) in [5, 5.41) is 16.4. The Morgan fingerprint density at radius 3 is 2.49 bits per heavy atom.